The smallest absolute Gasteiger partial charge is 0.408 e. The van der Waals surface area contributed by atoms with E-state index in [0.717, 1.165) is 0 Å². The lowest BCUT2D eigenvalue weighted by Crippen LogP contribution is -2.48. The van der Waals surface area contributed by atoms with E-state index in [1.54, 1.807) is 20.8 Å². The summed E-state index contributed by atoms with van der Waals surface area (Å²) in [6, 6.07) is -0.575. The number of cyclic esters (lactones) is 1. The second-order valence-electron chi connectivity index (χ2n) is 6.71. The Morgan fingerprint density at radius 2 is 2.06 bits per heavy atom. The van der Waals surface area contributed by atoms with Crippen molar-refractivity contribution in [3.63, 3.8) is 0 Å². The number of hydrogen-bond acceptors (Lipinski definition) is 4. The zero-order valence-corrected chi connectivity index (χ0v) is 11.6. The minimum atomic E-state index is -0.575. The van der Waals surface area contributed by atoms with Crippen molar-refractivity contribution in [2.45, 2.75) is 46.3 Å². The van der Waals surface area contributed by atoms with Crippen LogP contribution in [0.1, 0.15) is 34.6 Å². The maximum Gasteiger partial charge on any atom is 0.408 e. The van der Waals surface area contributed by atoms with Gasteiger partial charge in [-0.25, -0.2) is 9.59 Å². The zero-order valence-electron chi connectivity index (χ0n) is 11.6. The molecule has 2 unspecified atom stereocenters. The Morgan fingerprint density at radius 3 is 2.61 bits per heavy atom. The number of alkyl carbamates (subject to hydrolysis) is 1. The quantitative estimate of drug-likeness (QED) is 0.724. The number of rotatable bonds is 1. The number of hydrogen-bond donors (Lipinski definition) is 1. The van der Waals surface area contributed by atoms with Crippen LogP contribution >= 0.6 is 0 Å². The Morgan fingerprint density at radius 1 is 1.44 bits per heavy atom. The molecule has 0 aromatic rings. The van der Waals surface area contributed by atoms with Gasteiger partial charge in [-0.1, -0.05) is 13.8 Å². The van der Waals surface area contributed by atoms with Gasteiger partial charge in [0.1, 0.15) is 11.6 Å². The standard InChI is InChI=1S/C13H21NO4/c1-12(2,3)18-11(16)14-9-8-7(13(8,4)5)6-17-10(9)15/h7-9H,6H2,1-5H3,(H,14,16)/t7?,8?,9-/m0/s1. The number of nitrogens with one attached hydrogen (secondary N) is 1. The van der Waals surface area contributed by atoms with Gasteiger partial charge in [0, 0.05) is 11.8 Å². The maximum atomic E-state index is 11.7. The van der Waals surface area contributed by atoms with E-state index in [4.69, 9.17) is 9.47 Å². The Balaban J connectivity index is 2.00. The summed E-state index contributed by atoms with van der Waals surface area (Å²) in [5.74, 6) is 0.147. The third kappa shape index (κ3) is 2.31. The van der Waals surface area contributed by atoms with Gasteiger partial charge in [0.25, 0.3) is 0 Å². The van der Waals surface area contributed by atoms with Crippen LogP contribution < -0.4 is 5.32 Å². The summed E-state index contributed by atoms with van der Waals surface area (Å²) >= 11 is 0. The van der Waals surface area contributed by atoms with Crippen LogP contribution in [0.3, 0.4) is 0 Å². The lowest BCUT2D eigenvalue weighted by molar-refractivity contribution is -0.150. The molecule has 2 fully saturated rings. The molecule has 0 aromatic heterocycles. The van der Waals surface area contributed by atoms with Crippen LogP contribution in [0.5, 0.6) is 0 Å². The molecule has 0 aromatic carbocycles. The highest BCUT2D eigenvalue weighted by molar-refractivity contribution is 5.83. The monoisotopic (exact) mass is 255 g/mol. The van der Waals surface area contributed by atoms with E-state index >= 15 is 0 Å². The van der Waals surface area contributed by atoms with Gasteiger partial charge >= 0.3 is 12.1 Å². The van der Waals surface area contributed by atoms with E-state index in [0.29, 0.717) is 12.5 Å². The minimum Gasteiger partial charge on any atom is -0.464 e. The Bertz CT molecular complexity index is 383. The Hall–Kier alpha value is -1.26. The molecule has 18 heavy (non-hydrogen) atoms. The third-order valence-electron chi connectivity index (χ3n) is 3.83. The molecule has 1 saturated carbocycles. The molecule has 2 rings (SSSR count). The summed E-state index contributed by atoms with van der Waals surface area (Å²) in [5, 5.41) is 2.64. The number of carbonyl (C=O) groups excluding carboxylic acids is 2. The minimum absolute atomic E-state index is 0.0475. The summed E-state index contributed by atoms with van der Waals surface area (Å²) in [6.07, 6.45) is -0.562. The molecule has 0 bridgehead atoms. The van der Waals surface area contributed by atoms with Crippen LogP contribution in [-0.4, -0.2) is 30.3 Å². The molecular formula is C13H21NO4. The van der Waals surface area contributed by atoms with Gasteiger partial charge in [-0.05, 0) is 26.2 Å². The number of carbonyl (C=O) groups is 2. The molecule has 1 heterocycles. The van der Waals surface area contributed by atoms with Crippen LogP contribution in [0.2, 0.25) is 0 Å². The summed E-state index contributed by atoms with van der Waals surface area (Å²) in [5.41, 5.74) is -0.521. The van der Waals surface area contributed by atoms with E-state index in [9.17, 15) is 9.59 Å². The van der Waals surface area contributed by atoms with Gasteiger partial charge in [-0.3, -0.25) is 0 Å². The van der Waals surface area contributed by atoms with Crippen molar-refractivity contribution >= 4 is 12.1 Å². The van der Waals surface area contributed by atoms with Crippen molar-refractivity contribution < 1.29 is 19.1 Å². The van der Waals surface area contributed by atoms with Gasteiger partial charge in [0.05, 0.1) is 6.61 Å². The molecule has 5 heteroatoms. The fourth-order valence-corrected chi connectivity index (χ4v) is 2.76. The second-order valence-corrected chi connectivity index (χ2v) is 6.71. The highest BCUT2D eigenvalue weighted by Crippen LogP contribution is 2.61. The lowest BCUT2D eigenvalue weighted by atomic mass is 10.0. The van der Waals surface area contributed by atoms with Crippen LogP contribution in [0.25, 0.3) is 0 Å². The fourth-order valence-electron chi connectivity index (χ4n) is 2.76. The molecular weight excluding hydrogens is 234 g/mol. The van der Waals surface area contributed by atoms with Crippen molar-refractivity contribution in [2.75, 3.05) is 6.61 Å². The van der Waals surface area contributed by atoms with E-state index in [1.807, 2.05) is 0 Å². The summed E-state index contributed by atoms with van der Waals surface area (Å²) in [7, 11) is 0. The van der Waals surface area contributed by atoms with Crippen LogP contribution in [-0.2, 0) is 14.3 Å². The maximum absolute atomic E-state index is 11.7. The highest BCUT2D eigenvalue weighted by atomic mass is 16.6. The predicted octanol–water partition coefficient (Wildman–Crippen LogP) is 1.71. The molecule has 102 valence electrons. The number of amides is 1. The zero-order chi connectivity index (χ0) is 13.7. The first kappa shape index (κ1) is 13.2. The average molecular weight is 255 g/mol. The number of fused-ring (bicyclic) bond motifs is 1. The van der Waals surface area contributed by atoms with Crippen molar-refractivity contribution in [3.8, 4) is 0 Å². The van der Waals surface area contributed by atoms with Crippen molar-refractivity contribution in [1.82, 2.24) is 5.32 Å². The molecule has 1 aliphatic heterocycles. The van der Waals surface area contributed by atoms with E-state index in [2.05, 4.69) is 19.2 Å². The molecule has 1 N–H and O–H groups in total. The lowest BCUT2D eigenvalue weighted by Gasteiger charge is -2.25. The number of ether oxygens (including phenoxy) is 2. The molecule has 0 spiro atoms. The largest absolute Gasteiger partial charge is 0.464 e. The van der Waals surface area contributed by atoms with Crippen molar-refractivity contribution in [2.24, 2.45) is 17.3 Å². The first-order chi connectivity index (χ1) is 8.13. The molecule has 2 aliphatic rings. The molecule has 1 saturated heterocycles. The third-order valence-corrected chi connectivity index (χ3v) is 3.83. The fraction of sp³-hybridized carbons (Fsp3) is 0.846. The molecule has 3 atom stereocenters. The van der Waals surface area contributed by atoms with Gasteiger partial charge in [0.2, 0.25) is 0 Å². The first-order valence-electron chi connectivity index (χ1n) is 6.29. The number of esters is 1. The molecule has 5 nitrogen and oxygen atoms in total. The summed E-state index contributed by atoms with van der Waals surface area (Å²) < 4.78 is 10.3. The Kier molecular flexibility index (Phi) is 2.83. The van der Waals surface area contributed by atoms with Crippen LogP contribution in [0, 0.1) is 17.3 Å². The normalized spacial score (nSPS) is 33.2. The van der Waals surface area contributed by atoms with Gasteiger partial charge in [-0.15, -0.1) is 0 Å². The average Bonchev–Trinajstić information content (AvgIpc) is 2.71. The first-order valence-corrected chi connectivity index (χ1v) is 6.29. The van der Waals surface area contributed by atoms with Crippen LogP contribution in [0.15, 0.2) is 0 Å². The van der Waals surface area contributed by atoms with E-state index < -0.39 is 17.7 Å². The summed E-state index contributed by atoms with van der Waals surface area (Å²) in [6.45, 7) is 10.0. The second kappa shape index (κ2) is 3.87. The SMILES string of the molecule is CC(C)(C)OC(=O)N[C@@H]1C(=O)OCC2C1C2(C)C. The van der Waals surface area contributed by atoms with E-state index in [-0.39, 0.29) is 17.3 Å². The van der Waals surface area contributed by atoms with Crippen molar-refractivity contribution in [1.29, 1.82) is 0 Å². The molecule has 1 aliphatic carbocycles. The predicted molar refractivity (Wildman–Crippen MR) is 64.9 cm³/mol. The van der Waals surface area contributed by atoms with Gasteiger partial charge < -0.3 is 14.8 Å². The summed E-state index contributed by atoms with van der Waals surface area (Å²) in [4.78, 5) is 23.4. The van der Waals surface area contributed by atoms with Crippen LogP contribution in [0.4, 0.5) is 4.79 Å². The van der Waals surface area contributed by atoms with Gasteiger partial charge in [0.15, 0.2) is 0 Å². The van der Waals surface area contributed by atoms with E-state index in [1.165, 1.54) is 0 Å². The highest BCUT2D eigenvalue weighted by Gasteiger charge is 2.66. The van der Waals surface area contributed by atoms with Crippen molar-refractivity contribution in [3.05, 3.63) is 0 Å². The van der Waals surface area contributed by atoms with Gasteiger partial charge in [-0.2, -0.15) is 0 Å². The molecule has 1 amide bonds. The Labute approximate surface area is 107 Å². The molecule has 0 radical (unpaired) electrons. The topological polar surface area (TPSA) is 64.6 Å².